The summed E-state index contributed by atoms with van der Waals surface area (Å²) in [5, 5.41) is 0. The Bertz CT molecular complexity index is 723. The van der Waals surface area contributed by atoms with Crippen LogP contribution in [0.2, 0.25) is 0 Å². The number of ether oxygens (including phenoxy) is 1. The first kappa shape index (κ1) is 23.0. The van der Waals surface area contributed by atoms with Gasteiger partial charge in [0, 0.05) is 31.0 Å². The molecule has 0 N–H and O–H groups in total. The van der Waals surface area contributed by atoms with Gasteiger partial charge in [-0.3, -0.25) is 0 Å². The van der Waals surface area contributed by atoms with E-state index >= 15 is 0 Å². The minimum Gasteiger partial charge on any atom is -0.490 e. The van der Waals surface area contributed by atoms with Crippen LogP contribution in [-0.2, 0) is 0 Å². The maximum atomic E-state index is 6.59. The van der Waals surface area contributed by atoms with Gasteiger partial charge in [0.25, 0.3) is 0 Å². The van der Waals surface area contributed by atoms with Gasteiger partial charge in [-0.15, -0.1) is 24.8 Å². The first-order valence-electron chi connectivity index (χ1n) is 9.79. The van der Waals surface area contributed by atoms with Crippen LogP contribution < -0.4 is 4.74 Å². The molecule has 4 atom stereocenters. The molecule has 2 aromatic carbocycles. The van der Waals surface area contributed by atoms with Gasteiger partial charge in [0.15, 0.2) is 0 Å². The molecule has 2 fully saturated rings. The Morgan fingerprint density at radius 2 is 1.50 bits per heavy atom. The smallest absolute Gasteiger partial charge is 0.119 e. The lowest BCUT2D eigenvalue weighted by atomic mass is 9.72. The molecule has 154 valence electrons. The van der Waals surface area contributed by atoms with E-state index in [1.54, 1.807) is 0 Å². The van der Waals surface area contributed by atoms with Gasteiger partial charge in [-0.2, -0.15) is 0 Å². The SMILES string of the molecule is CN1CC2CC[C@H](N(C)C)C(C1)[C@@H]2Oc1ccc(-c2ccccc2)cc1.Cl.Cl. The Labute approximate surface area is 181 Å². The molecule has 2 bridgehead atoms. The number of hydrogen-bond acceptors (Lipinski definition) is 3. The highest BCUT2D eigenvalue weighted by molar-refractivity contribution is 5.85. The molecule has 0 aromatic heterocycles. The summed E-state index contributed by atoms with van der Waals surface area (Å²) in [7, 11) is 6.68. The summed E-state index contributed by atoms with van der Waals surface area (Å²) in [6.45, 7) is 2.29. The van der Waals surface area contributed by atoms with Gasteiger partial charge in [0.1, 0.15) is 11.9 Å². The second kappa shape index (κ2) is 9.98. The molecule has 28 heavy (non-hydrogen) atoms. The number of likely N-dealkylation sites (tertiary alicyclic amines) is 1. The summed E-state index contributed by atoms with van der Waals surface area (Å²) in [5.41, 5.74) is 2.50. The summed E-state index contributed by atoms with van der Waals surface area (Å²) in [4.78, 5) is 4.89. The first-order chi connectivity index (χ1) is 12.6. The minimum atomic E-state index is 0. The molecule has 1 aliphatic carbocycles. The lowest BCUT2D eigenvalue weighted by Gasteiger charge is -2.51. The Balaban J connectivity index is 0.00000140. The zero-order chi connectivity index (χ0) is 18.1. The molecular weight excluding hydrogens is 391 g/mol. The van der Waals surface area contributed by atoms with E-state index in [1.807, 2.05) is 0 Å². The van der Waals surface area contributed by atoms with Crippen molar-refractivity contribution in [1.82, 2.24) is 9.80 Å². The summed E-state index contributed by atoms with van der Waals surface area (Å²) in [6.07, 6.45) is 2.88. The van der Waals surface area contributed by atoms with E-state index in [1.165, 1.54) is 24.0 Å². The Hall–Kier alpha value is -1.26. The van der Waals surface area contributed by atoms with Crippen molar-refractivity contribution >= 4 is 24.8 Å². The maximum absolute atomic E-state index is 6.59. The van der Waals surface area contributed by atoms with Crippen molar-refractivity contribution in [3.05, 3.63) is 54.6 Å². The number of halogens is 2. The van der Waals surface area contributed by atoms with Gasteiger partial charge in [-0.25, -0.2) is 0 Å². The largest absolute Gasteiger partial charge is 0.490 e. The molecule has 4 rings (SSSR count). The van der Waals surface area contributed by atoms with Crippen molar-refractivity contribution in [3.8, 4) is 16.9 Å². The van der Waals surface area contributed by atoms with Crippen LogP contribution in [0.25, 0.3) is 11.1 Å². The fraction of sp³-hybridized carbons (Fsp3) is 0.478. The van der Waals surface area contributed by atoms with Gasteiger partial charge >= 0.3 is 0 Å². The zero-order valence-electron chi connectivity index (χ0n) is 17.0. The van der Waals surface area contributed by atoms with E-state index in [0.717, 1.165) is 18.8 Å². The maximum Gasteiger partial charge on any atom is 0.119 e. The normalized spacial score (nSPS) is 26.9. The standard InChI is InChI=1S/C23H30N2O.2ClH/c1-24(2)22-14-11-19-15-25(3)16-21(22)23(19)26-20-12-9-18(10-13-20)17-7-5-4-6-8-17;;/h4-10,12-13,19,21-23H,11,14-16H2,1-3H3;2*1H/t19?,21?,22-,23+;;/m0../s1. The number of piperidine rings is 1. The van der Waals surface area contributed by atoms with Crippen LogP contribution in [0.15, 0.2) is 54.6 Å². The van der Waals surface area contributed by atoms with Gasteiger partial charge in [0.2, 0.25) is 0 Å². The molecule has 1 saturated heterocycles. The van der Waals surface area contributed by atoms with Crippen molar-refractivity contribution < 1.29 is 4.74 Å². The number of rotatable bonds is 4. The fourth-order valence-corrected chi connectivity index (χ4v) is 4.93. The van der Waals surface area contributed by atoms with E-state index in [9.17, 15) is 0 Å². The van der Waals surface area contributed by atoms with Crippen molar-refractivity contribution in [2.45, 2.75) is 25.0 Å². The molecule has 1 saturated carbocycles. The number of benzene rings is 2. The monoisotopic (exact) mass is 422 g/mol. The van der Waals surface area contributed by atoms with E-state index < -0.39 is 0 Å². The van der Waals surface area contributed by atoms with E-state index in [-0.39, 0.29) is 24.8 Å². The number of hydrogen-bond donors (Lipinski definition) is 0. The average Bonchev–Trinajstić information content (AvgIpc) is 2.64. The molecule has 1 heterocycles. The van der Waals surface area contributed by atoms with Crippen LogP contribution in [-0.4, -0.2) is 56.2 Å². The number of nitrogens with zero attached hydrogens (tertiary/aromatic N) is 2. The molecule has 3 nitrogen and oxygen atoms in total. The third-order valence-corrected chi connectivity index (χ3v) is 6.18. The third-order valence-electron chi connectivity index (χ3n) is 6.18. The van der Waals surface area contributed by atoms with Crippen LogP contribution in [0, 0.1) is 11.8 Å². The van der Waals surface area contributed by atoms with Crippen molar-refractivity contribution in [2.24, 2.45) is 11.8 Å². The Kier molecular flexibility index (Phi) is 8.20. The van der Waals surface area contributed by atoms with Crippen LogP contribution in [0.3, 0.4) is 0 Å². The lowest BCUT2D eigenvalue weighted by Crippen LogP contribution is -2.60. The molecule has 5 heteroatoms. The fourth-order valence-electron chi connectivity index (χ4n) is 4.93. The topological polar surface area (TPSA) is 15.7 Å². The lowest BCUT2D eigenvalue weighted by molar-refractivity contribution is -0.0622. The van der Waals surface area contributed by atoms with Gasteiger partial charge in [-0.05, 0) is 57.2 Å². The van der Waals surface area contributed by atoms with Crippen LogP contribution in [0.1, 0.15) is 12.8 Å². The van der Waals surface area contributed by atoms with Crippen molar-refractivity contribution in [3.63, 3.8) is 0 Å². The summed E-state index contributed by atoms with van der Waals surface area (Å²) in [6, 6.07) is 19.8. The highest BCUT2D eigenvalue weighted by atomic mass is 35.5. The molecule has 2 aliphatic rings. The highest BCUT2D eigenvalue weighted by Crippen LogP contribution is 2.39. The van der Waals surface area contributed by atoms with Gasteiger partial charge < -0.3 is 14.5 Å². The molecule has 2 unspecified atom stereocenters. The van der Waals surface area contributed by atoms with Crippen molar-refractivity contribution in [1.29, 1.82) is 0 Å². The third kappa shape index (κ3) is 4.83. The van der Waals surface area contributed by atoms with Crippen LogP contribution in [0.4, 0.5) is 0 Å². The molecular formula is C23H32Cl2N2O. The predicted octanol–water partition coefficient (Wildman–Crippen LogP) is 4.85. The molecule has 0 amide bonds. The highest BCUT2D eigenvalue weighted by Gasteiger charge is 2.45. The second-order valence-electron chi connectivity index (χ2n) is 8.23. The predicted molar refractivity (Wildman–Crippen MR) is 122 cm³/mol. The Morgan fingerprint density at radius 1 is 0.857 bits per heavy atom. The van der Waals surface area contributed by atoms with E-state index in [4.69, 9.17) is 4.74 Å². The molecule has 1 aliphatic heterocycles. The molecule has 2 aromatic rings. The number of fused-ring (bicyclic) bond motifs is 2. The summed E-state index contributed by atoms with van der Waals surface area (Å²) < 4.78 is 6.59. The Morgan fingerprint density at radius 3 is 2.14 bits per heavy atom. The van der Waals surface area contributed by atoms with E-state index in [2.05, 4.69) is 85.5 Å². The summed E-state index contributed by atoms with van der Waals surface area (Å²) >= 11 is 0. The summed E-state index contributed by atoms with van der Waals surface area (Å²) in [5.74, 6) is 2.23. The van der Waals surface area contributed by atoms with Gasteiger partial charge in [-0.1, -0.05) is 42.5 Å². The second-order valence-corrected chi connectivity index (χ2v) is 8.23. The average molecular weight is 423 g/mol. The van der Waals surface area contributed by atoms with Gasteiger partial charge in [0.05, 0.1) is 0 Å². The molecule has 0 spiro atoms. The first-order valence-corrected chi connectivity index (χ1v) is 9.79. The van der Waals surface area contributed by atoms with Crippen LogP contribution in [0.5, 0.6) is 5.75 Å². The van der Waals surface area contributed by atoms with Crippen molar-refractivity contribution in [2.75, 3.05) is 34.2 Å². The zero-order valence-corrected chi connectivity index (χ0v) is 18.6. The molecule has 0 radical (unpaired) electrons. The van der Waals surface area contributed by atoms with E-state index in [0.29, 0.717) is 24.0 Å². The minimum absolute atomic E-state index is 0. The quantitative estimate of drug-likeness (QED) is 0.700. The van der Waals surface area contributed by atoms with Crippen LogP contribution >= 0.6 is 24.8 Å².